The molecule has 0 aromatic heterocycles. The second-order valence-electron chi connectivity index (χ2n) is 6.31. The van der Waals surface area contributed by atoms with Crippen molar-refractivity contribution in [3.8, 4) is 0 Å². The van der Waals surface area contributed by atoms with E-state index in [1.165, 1.54) is 0 Å². The van der Waals surface area contributed by atoms with E-state index in [0.717, 1.165) is 44.9 Å². The molecule has 5 heteroatoms. The molecule has 3 atom stereocenters. The van der Waals surface area contributed by atoms with Crippen molar-refractivity contribution in [1.29, 1.82) is 0 Å². The van der Waals surface area contributed by atoms with E-state index in [-0.39, 0.29) is 36.4 Å². The number of aliphatic carboxylic acids is 1. The molecule has 2 bridgehead atoms. The summed E-state index contributed by atoms with van der Waals surface area (Å²) in [6.07, 6.45) is 6.69. The molecule has 5 nitrogen and oxygen atoms in total. The van der Waals surface area contributed by atoms with Crippen molar-refractivity contribution >= 4 is 11.9 Å². The van der Waals surface area contributed by atoms with Gasteiger partial charge in [0.2, 0.25) is 5.91 Å². The first-order valence-electron chi connectivity index (χ1n) is 7.82. The van der Waals surface area contributed by atoms with E-state index in [2.05, 4.69) is 6.92 Å². The van der Waals surface area contributed by atoms with Crippen LogP contribution in [0.5, 0.6) is 0 Å². The van der Waals surface area contributed by atoms with Gasteiger partial charge in [0.15, 0.2) is 0 Å². The fourth-order valence-electron chi connectivity index (χ4n) is 3.80. The van der Waals surface area contributed by atoms with Gasteiger partial charge in [-0.1, -0.05) is 19.8 Å². The third kappa shape index (κ3) is 3.32. The maximum atomic E-state index is 12.5. The Bertz CT molecular complexity index is 358. The fraction of sp³-hybridized carbons (Fsp3) is 0.867. The average molecular weight is 282 g/mol. The minimum atomic E-state index is -0.728. The monoisotopic (exact) mass is 282 g/mol. The smallest absolute Gasteiger partial charge is 0.303 e. The molecule has 2 heterocycles. The highest BCUT2D eigenvalue weighted by atomic mass is 16.4. The molecular weight excluding hydrogens is 256 g/mol. The van der Waals surface area contributed by atoms with E-state index in [0.29, 0.717) is 0 Å². The number of hydrogen-bond donors (Lipinski definition) is 2. The van der Waals surface area contributed by atoms with Crippen molar-refractivity contribution in [2.75, 3.05) is 0 Å². The van der Waals surface area contributed by atoms with Gasteiger partial charge in [-0.05, 0) is 38.0 Å². The van der Waals surface area contributed by atoms with Crippen molar-refractivity contribution in [2.24, 2.45) is 11.7 Å². The number of nitrogens with two attached hydrogens (primary N) is 1. The number of carboxylic acid groups (broad SMARTS) is 1. The Kier molecular flexibility index (Phi) is 5.02. The molecule has 2 fully saturated rings. The summed E-state index contributed by atoms with van der Waals surface area (Å²) in [4.78, 5) is 25.3. The van der Waals surface area contributed by atoms with Crippen LogP contribution in [0.25, 0.3) is 0 Å². The molecule has 20 heavy (non-hydrogen) atoms. The highest BCUT2D eigenvalue weighted by Gasteiger charge is 2.44. The molecule has 0 spiro atoms. The maximum Gasteiger partial charge on any atom is 0.303 e. The van der Waals surface area contributed by atoms with Gasteiger partial charge in [0.05, 0.1) is 6.04 Å². The first kappa shape index (κ1) is 15.3. The van der Waals surface area contributed by atoms with Crippen LogP contribution in [0.2, 0.25) is 0 Å². The molecule has 0 saturated carbocycles. The minimum absolute atomic E-state index is 0.0831. The number of amides is 1. The summed E-state index contributed by atoms with van der Waals surface area (Å²) in [7, 11) is 0. The molecule has 0 aromatic rings. The second kappa shape index (κ2) is 6.57. The number of piperidine rings is 1. The number of carbonyl (C=O) groups excluding carboxylic acids is 1. The van der Waals surface area contributed by atoms with Gasteiger partial charge in [-0.3, -0.25) is 9.59 Å². The summed E-state index contributed by atoms with van der Waals surface area (Å²) in [6, 6.07) is 0.0608. The Morgan fingerprint density at radius 2 is 1.90 bits per heavy atom. The third-order valence-corrected chi connectivity index (χ3v) is 4.73. The number of nitrogens with zero attached hydrogens (tertiary/aromatic N) is 1. The largest absolute Gasteiger partial charge is 0.481 e. The van der Waals surface area contributed by atoms with Gasteiger partial charge in [0.1, 0.15) is 0 Å². The van der Waals surface area contributed by atoms with Gasteiger partial charge in [-0.15, -0.1) is 0 Å². The molecule has 2 rings (SSSR count). The summed E-state index contributed by atoms with van der Waals surface area (Å²) in [6.45, 7) is 2.10. The lowest BCUT2D eigenvalue weighted by atomic mass is 9.87. The zero-order valence-electron chi connectivity index (χ0n) is 12.3. The molecular formula is C15H26N2O3. The third-order valence-electron chi connectivity index (χ3n) is 4.73. The zero-order chi connectivity index (χ0) is 14.7. The van der Waals surface area contributed by atoms with E-state index in [1.807, 2.05) is 4.90 Å². The molecule has 2 aliphatic rings. The predicted octanol–water partition coefficient (Wildman–Crippen LogP) is 1.75. The van der Waals surface area contributed by atoms with Crippen molar-refractivity contribution in [3.63, 3.8) is 0 Å². The topological polar surface area (TPSA) is 83.6 Å². The molecule has 0 radical (unpaired) electrons. The molecule has 0 aromatic carbocycles. The standard InChI is InChI=1S/C15H26N2O3/c1-2-3-4-13(16)15(20)17-11-5-6-12(17)8-10(7-11)9-14(18)19/h10-13H,2-9,16H2,1H3,(H,18,19)/t10?,11?,12?,13-/m0/s1. The maximum absolute atomic E-state index is 12.5. The van der Waals surface area contributed by atoms with Crippen LogP contribution >= 0.6 is 0 Å². The Hall–Kier alpha value is -1.10. The van der Waals surface area contributed by atoms with Crippen molar-refractivity contribution in [3.05, 3.63) is 0 Å². The SMILES string of the molecule is CCCC[C@H](N)C(=O)N1C2CCC1CC(CC(=O)O)C2. The lowest BCUT2D eigenvalue weighted by molar-refractivity contribution is -0.140. The Morgan fingerprint density at radius 3 is 2.40 bits per heavy atom. The first-order valence-corrected chi connectivity index (χ1v) is 7.82. The number of unbranched alkanes of at least 4 members (excludes halogenated alkanes) is 1. The van der Waals surface area contributed by atoms with E-state index in [1.54, 1.807) is 0 Å². The van der Waals surface area contributed by atoms with Gasteiger partial charge in [-0.25, -0.2) is 0 Å². The van der Waals surface area contributed by atoms with Crippen molar-refractivity contribution < 1.29 is 14.7 Å². The Morgan fingerprint density at radius 1 is 1.30 bits per heavy atom. The van der Waals surface area contributed by atoms with Gasteiger partial charge in [-0.2, -0.15) is 0 Å². The lowest BCUT2D eigenvalue weighted by Crippen LogP contribution is -2.52. The first-order chi connectivity index (χ1) is 9.52. The molecule has 2 unspecified atom stereocenters. The van der Waals surface area contributed by atoms with Crippen molar-refractivity contribution in [1.82, 2.24) is 4.90 Å². The summed E-state index contributed by atoms with van der Waals surface area (Å²) in [5.74, 6) is -0.422. The quantitative estimate of drug-likeness (QED) is 0.777. The van der Waals surface area contributed by atoms with Crippen LogP contribution in [-0.4, -0.2) is 40.0 Å². The number of fused-ring (bicyclic) bond motifs is 2. The van der Waals surface area contributed by atoms with Gasteiger partial charge < -0.3 is 15.7 Å². The van der Waals surface area contributed by atoms with Crippen LogP contribution in [-0.2, 0) is 9.59 Å². The van der Waals surface area contributed by atoms with E-state index < -0.39 is 5.97 Å². The number of hydrogen-bond acceptors (Lipinski definition) is 3. The van der Waals surface area contributed by atoms with Gasteiger partial charge in [0.25, 0.3) is 0 Å². The van der Waals surface area contributed by atoms with Gasteiger partial charge >= 0.3 is 5.97 Å². The highest BCUT2D eigenvalue weighted by Crippen LogP contribution is 2.40. The number of carbonyl (C=O) groups is 2. The van der Waals surface area contributed by atoms with Crippen LogP contribution in [0.3, 0.4) is 0 Å². The lowest BCUT2D eigenvalue weighted by Gasteiger charge is -2.39. The summed E-state index contributed by atoms with van der Waals surface area (Å²) in [5, 5.41) is 8.92. The Balaban J connectivity index is 1.94. The molecule has 2 aliphatic heterocycles. The van der Waals surface area contributed by atoms with E-state index in [4.69, 9.17) is 10.8 Å². The summed E-state index contributed by atoms with van der Waals surface area (Å²) in [5.41, 5.74) is 6.02. The van der Waals surface area contributed by atoms with Crippen LogP contribution in [0.15, 0.2) is 0 Å². The molecule has 3 N–H and O–H groups in total. The predicted molar refractivity (Wildman–Crippen MR) is 76.1 cm³/mol. The van der Waals surface area contributed by atoms with Crippen LogP contribution < -0.4 is 5.73 Å². The van der Waals surface area contributed by atoms with Crippen LogP contribution in [0, 0.1) is 5.92 Å². The molecule has 2 saturated heterocycles. The number of rotatable bonds is 6. The molecule has 114 valence electrons. The van der Waals surface area contributed by atoms with Crippen LogP contribution in [0.1, 0.15) is 58.3 Å². The van der Waals surface area contributed by atoms with Crippen molar-refractivity contribution in [2.45, 2.75) is 76.4 Å². The average Bonchev–Trinajstić information content (AvgIpc) is 2.66. The summed E-state index contributed by atoms with van der Waals surface area (Å²) < 4.78 is 0. The normalized spacial score (nSPS) is 30.3. The Labute approximate surface area is 120 Å². The zero-order valence-corrected chi connectivity index (χ0v) is 12.3. The fourth-order valence-corrected chi connectivity index (χ4v) is 3.80. The summed E-state index contributed by atoms with van der Waals surface area (Å²) >= 11 is 0. The van der Waals surface area contributed by atoms with Gasteiger partial charge in [0, 0.05) is 18.5 Å². The highest BCUT2D eigenvalue weighted by molar-refractivity contribution is 5.82. The molecule has 0 aliphatic carbocycles. The van der Waals surface area contributed by atoms with E-state index in [9.17, 15) is 9.59 Å². The van der Waals surface area contributed by atoms with Crippen LogP contribution in [0.4, 0.5) is 0 Å². The van der Waals surface area contributed by atoms with E-state index >= 15 is 0 Å². The second-order valence-corrected chi connectivity index (χ2v) is 6.31. The number of carboxylic acids is 1. The molecule has 1 amide bonds. The minimum Gasteiger partial charge on any atom is -0.481 e.